The number of amides is 1. The maximum Gasteiger partial charge on any atom is 0.253 e. The number of halogens is 1. The Labute approximate surface area is 170 Å². The first-order valence-electron chi connectivity index (χ1n) is 8.36. The summed E-state index contributed by atoms with van der Waals surface area (Å²) in [4.78, 5) is 12.7. The van der Waals surface area contributed by atoms with Gasteiger partial charge in [0.15, 0.2) is 11.5 Å². The van der Waals surface area contributed by atoms with E-state index in [2.05, 4.69) is 5.32 Å². The van der Waals surface area contributed by atoms with Gasteiger partial charge in [-0.2, -0.15) is 0 Å². The Morgan fingerprint density at radius 1 is 1.07 bits per heavy atom. The summed E-state index contributed by atoms with van der Waals surface area (Å²) in [5.74, 6) is 0.635. The van der Waals surface area contributed by atoms with E-state index in [-0.39, 0.29) is 21.5 Å². The molecule has 2 rings (SSSR count). The molecule has 2 aromatic rings. The Morgan fingerprint density at radius 2 is 1.71 bits per heavy atom. The SMILES string of the molecule is COc1ccc(C(C)NC(=O)c2cc(S(=O)(=O)N(C)C)ccc2Cl)cc1OC. The van der Waals surface area contributed by atoms with Crippen LogP contribution in [0.25, 0.3) is 0 Å². The Bertz CT molecular complexity index is 976. The number of ether oxygens (including phenoxy) is 2. The highest BCUT2D eigenvalue weighted by molar-refractivity contribution is 7.89. The maximum atomic E-state index is 12.7. The number of hydrogen-bond donors (Lipinski definition) is 1. The van der Waals surface area contributed by atoms with Crippen LogP contribution in [0.15, 0.2) is 41.3 Å². The van der Waals surface area contributed by atoms with Gasteiger partial charge in [0.1, 0.15) is 0 Å². The van der Waals surface area contributed by atoms with Crippen molar-refractivity contribution >= 4 is 27.5 Å². The van der Waals surface area contributed by atoms with E-state index in [0.717, 1.165) is 9.87 Å². The molecule has 0 bridgehead atoms. The van der Waals surface area contributed by atoms with Gasteiger partial charge in [-0.3, -0.25) is 4.79 Å². The lowest BCUT2D eigenvalue weighted by atomic mass is 10.1. The molecule has 0 fully saturated rings. The van der Waals surface area contributed by atoms with Gasteiger partial charge in [0.25, 0.3) is 5.91 Å². The second-order valence-electron chi connectivity index (χ2n) is 6.24. The molecule has 2 aromatic carbocycles. The third kappa shape index (κ3) is 4.57. The molecule has 152 valence electrons. The second-order valence-corrected chi connectivity index (χ2v) is 8.80. The summed E-state index contributed by atoms with van der Waals surface area (Å²) in [5.41, 5.74) is 0.871. The number of carbonyl (C=O) groups is 1. The standard InChI is InChI=1S/C19H23ClN2O5S/c1-12(13-6-9-17(26-4)18(10-13)27-5)21-19(23)15-11-14(7-8-16(15)20)28(24,25)22(2)3/h6-12H,1-5H3,(H,21,23). The van der Waals surface area contributed by atoms with Crippen LogP contribution in [-0.4, -0.2) is 46.9 Å². The molecular formula is C19H23ClN2O5S. The van der Waals surface area contributed by atoms with Crippen LogP contribution in [0.2, 0.25) is 5.02 Å². The van der Waals surface area contributed by atoms with E-state index >= 15 is 0 Å². The van der Waals surface area contributed by atoms with E-state index < -0.39 is 15.9 Å². The van der Waals surface area contributed by atoms with E-state index in [1.54, 1.807) is 32.2 Å². The molecule has 1 N–H and O–H groups in total. The molecule has 0 spiro atoms. The van der Waals surface area contributed by atoms with Crippen molar-refractivity contribution < 1.29 is 22.7 Å². The second kappa shape index (κ2) is 8.81. The summed E-state index contributed by atoms with van der Waals surface area (Å²) in [6, 6.07) is 8.97. The minimum absolute atomic E-state index is 0.00850. The normalized spacial score (nSPS) is 12.5. The smallest absolute Gasteiger partial charge is 0.253 e. The largest absolute Gasteiger partial charge is 0.493 e. The van der Waals surface area contributed by atoms with Crippen LogP contribution in [0.3, 0.4) is 0 Å². The highest BCUT2D eigenvalue weighted by atomic mass is 35.5. The summed E-state index contributed by atoms with van der Waals surface area (Å²) in [6.07, 6.45) is 0. The summed E-state index contributed by atoms with van der Waals surface area (Å²) in [7, 11) is 2.23. The predicted molar refractivity (Wildman–Crippen MR) is 108 cm³/mol. The molecule has 0 aliphatic heterocycles. The lowest BCUT2D eigenvalue weighted by Gasteiger charge is -2.18. The minimum Gasteiger partial charge on any atom is -0.493 e. The van der Waals surface area contributed by atoms with Gasteiger partial charge in [-0.05, 0) is 42.8 Å². The summed E-state index contributed by atoms with van der Waals surface area (Å²) in [5, 5.41) is 2.98. The Morgan fingerprint density at radius 3 is 2.29 bits per heavy atom. The number of hydrogen-bond acceptors (Lipinski definition) is 5. The number of benzene rings is 2. The molecule has 0 aliphatic rings. The number of rotatable bonds is 7. The predicted octanol–water partition coefficient (Wildman–Crippen LogP) is 3.10. The topological polar surface area (TPSA) is 84.9 Å². The number of sulfonamides is 1. The summed E-state index contributed by atoms with van der Waals surface area (Å²) in [6.45, 7) is 1.80. The van der Waals surface area contributed by atoms with Crippen molar-refractivity contribution in [2.75, 3.05) is 28.3 Å². The molecule has 0 saturated carbocycles. The van der Waals surface area contributed by atoms with Crippen LogP contribution in [0, 0.1) is 0 Å². The fourth-order valence-corrected chi connectivity index (χ4v) is 3.66. The highest BCUT2D eigenvalue weighted by Crippen LogP contribution is 2.30. The maximum absolute atomic E-state index is 12.7. The number of methoxy groups -OCH3 is 2. The van der Waals surface area contributed by atoms with Crippen LogP contribution in [0.4, 0.5) is 0 Å². The average Bonchev–Trinajstić information content (AvgIpc) is 2.67. The van der Waals surface area contributed by atoms with Crippen LogP contribution < -0.4 is 14.8 Å². The quantitative estimate of drug-likeness (QED) is 0.735. The average molecular weight is 427 g/mol. The van der Waals surface area contributed by atoms with E-state index in [9.17, 15) is 13.2 Å². The van der Waals surface area contributed by atoms with Crippen LogP contribution in [0.1, 0.15) is 28.9 Å². The Kier molecular flexibility index (Phi) is 6.92. The zero-order valence-electron chi connectivity index (χ0n) is 16.3. The number of nitrogens with one attached hydrogen (secondary N) is 1. The molecular weight excluding hydrogens is 404 g/mol. The first kappa shape index (κ1) is 22.0. The van der Waals surface area contributed by atoms with Gasteiger partial charge in [0.05, 0.1) is 35.7 Å². The van der Waals surface area contributed by atoms with Crippen molar-refractivity contribution in [1.82, 2.24) is 9.62 Å². The Balaban J connectivity index is 2.30. The van der Waals surface area contributed by atoms with Gasteiger partial charge in [0.2, 0.25) is 10.0 Å². The molecule has 9 heteroatoms. The molecule has 1 unspecified atom stereocenters. The third-order valence-corrected chi connectivity index (χ3v) is 6.36. The van der Waals surface area contributed by atoms with Gasteiger partial charge in [-0.25, -0.2) is 12.7 Å². The third-order valence-electron chi connectivity index (χ3n) is 4.22. The fourth-order valence-electron chi connectivity index (χ4n) is 2.53. The molecule has 0 aromatic heterocycles. The van der Waals surface area contributed by atoms with Crippen LogP contribution in [0.5, 0.6) is 11.5 Å². The van der Waals surface area contributed by atoms with Crippen molar-refractivity contribution in [3.8, 4) is 11.5 Å². The molecule has 28 heavy (non-hydrogen) atoms. The van der Waals surface area contributed by atoms with Gasteiger partial charge < -0.3 is 14.8 Å². The van der Waals surface area contributed by atoms with E-state index in [0.29, 0.717) is 11.5 Å². The van der Waals surface area contributed by atoms with Gasteiger partial charge >= 0.3 is 0 Å². The van der Waals surface area contributed by atoms with Crippen LogP contribution in [-0.2, 0) is 10.0 Å². The molecule has 1 atom stereocenters. The van der Waals surface area contributed by atoms with Gasteiger partial charge in [-0.15, -0.1) is 0 Å². The fraction of sp³-hybridized carbons (Fsp3) is 0.316. The zero-order valence-corrected chi connectivity index (χ0v) is 17.9. The van der Waals surface area contributed by atoms with Crippen molar-refractivity contribution in [3.63, 3.8) is 0 Å². The minimum atomic E-state index is -3.68. The molecule has 7 nitrogen and oxygen atoms in total. The number of carbonyl (C=O) groups excluding carboxylic acids is 1. The monoisotopic (exact) mass is 426 g/mol. The Hall–Kier alpha value is -2.29. The zero-order chi connectivity index (χ0) is 21.1. The lowest BCUT2D eigenvalue weighted by molar-refractivity contribution is 0.0939. The van der Waals surface area contributed by atoms with Crippen molar-refractivity contribution in [1.29, 1.82) is 0 Å². The first-order valence-corrected chi connectivity index (χ1v) is 10.2. The van der Waals surface area contributed by atoms with E-state index in [1.807, 2.05) is 0 Å². The highest BCUT2D eigenvalue weighted by Gasteiger charge is 2.22. The molecule has 0 saturated heterocycles. The first-order chi connectivity index (χ1) is 13.1. The van der Waals surface area contributed by atoms with E-state index in [1.165, 1.54) is 39.4 Å². The number of nitrogens with zero attached hydrogens (tertiary/aromatic N) is 1. The molecule has 0 heterocycles. The molecule has 0 aliphatic carbocycles. The summed E-state index contributed by atoms with van der Waals surface area (Å²) >= 11 is 6.13. The van der Waals surface area contributed by atoms with Gasteiger partial charge in [-0.1, -0.05) is 17.7 Å². The molecule has 1 amide bonds. The van der Waals surface area contributed by atoms with Crippen LogP contribution >= 0.6 is 11.6 Å². The van der Waals surface area contributed by atoms with Crippen molar-refractivity contribution in [2.24, 2.45) is 0 Å². The lowest BCUT2D eigenvalue weighted by Crippen LogP contribution is -2.28. The van der Waals surface area contributed by atoms with Crippen molar-refractivity contribution in [3.05, 3.63) is 52.5 Å². The van der Waals surface area contributed by atoms with E-state index in [4.69, 9.17) is 21.1 Å². The molecule has 0 radical (unpaired) electrons. The van der Waals surface area contributed by atoms with Crippen molar-refractivity contribution in [2.45, 2.75) is 17.9 Å². The van der Waals surface area contributed by atoms with Gasteiger partial charge in [0, 0.05) is 14.1 Å². The summed E-state index contributed by atoms with van der Waals surface area (Å²) < 4.78 is 36.2.